The molecule has 1 aromatic carbocycles. The fourth-order valence-electron chi connectivity index (χ4n) is 6.41. The zero-order chi connectivity index (χ0) is 36.4. The lowest BCUT2D eigenvalue weighted by molar-refractivity contribution is -0.142. The van der Waals surface area contributed by atoms with Gasteiger partial charge in [-0.05, 0) is 50.2 Å². The number of carbonyl (C=O) groups excluding carboxylic acids is 6. The van der Waals surface area contributed by atoms with Gasteiger partial charge in [-0.1, -0.05) is 32.0 Å². The molecule has 4 rings (SSSR count). The average molecular weight is 698 g/mol. The molecule has 2 aromatic rings. The van der Waals surface area contributed by atoms with Crippen LogP contribution in [0, 0.1) is 5.92 Å². The number of hydrogen-bond donors (Lipinski definition) is 7. The Bertz CT molecular complexity index is 1530. The van der Waals surface area contributed by atoms with Gasteiger partial charge in [-0.2, -0.15) is 0 Å². The highest BCUT2D eigenvalue weighted by molar-refractivity contribution is 5.97. The van der Waals surface area contributed by atoms with E-state index in [9.17, 15) is 33.9 Å². The van der Waals surface area contributed by atoms with Crippen molar-refractivity contribution in [1.29, 1.82) is 0 Å². The number of aromatic nitrogens is 1. The number of para-hydroxylation sites is 1. The first kappa shape index (κ1) is 38.3. The van der Waals surface area contributed by atoms with Gasteiger partial charge in [0.15, 0.2) is 0 Å². The summed E-state index contributed by atoms with van der Waals surface area (Å²) >= 11 is 0. The third kappa shape index (κ3) is 10.3. The topological polar surface area (TPSA) is 211 Å². The number of carbonyl (C=O) groups is 6. The summed E-state index contributed by atoms with van der Waals surface area (Å²) in [6.45, 7) is 5.63. The molecule has 50 heavy (non-hydrogen) atoms. The maximum absolute atomic E-state index is 14.1. The number of methoxy groups -OCH3 is 1. The summed E-state index contributed by atoms with van der Waals surface area (Å²) in [4.78, 5) is 85.4. The van der Waals surface area contributed by atoms with Crippen molar-refractivity contribution in [2.45, 2.75) is 102 Å². The summed E-state index contributed by atoms with van der Waals surface area (Å²) in [7, 11) is 1.46. The number of H-pyrrole nitrogens is 1. The van der Waals surface area contributed by atoms with Crippen molar-refractivity contribution in [1.82, 2.24) is 36.5 Å². The first-order valence-electron chi connectivity index (χ1n) is 17.4. The molecule has 0 spiro atoms. The normalized spacial score (nSPS) is 26.3. The molecule has 2 aliphatic heterocycles. The Hall–Kier alpha value is -4.50. The number of aromatic amines is 1. The van der Waals surface area contributed by atoms with E-state index in [0.717, 1.165) is 16.5 Å². The lowest BCUT2D eigenvalue weighted by Gasteiger charge is -2.30. The van der Waals surface area contributed by atoms with Crippen LogP contribution in [0.25, 0.3) is 10.9 Å². The van der Waals surface area contributed by atoms with Crippen molar-refractivity contribution in [2.24, 2.45) is 5.92 Å². The zero-order valence-corrected chi connectivity index (χ0v) is 29.3. The van der Waals surface area contributed by atoms with Gasteiger partial charge in [0, 0.05) is 56.6 Å². The Morgan fingerprint density at radius 1 is 1.00 bits per heavy atom. The van der Waals surface area contributed by atoms with Crippen LogP contribution >= 0.6 is 0 Å². The van der Waals surface area contributed by atoms with E-state index in [2.05, 4.69) is 31.6 Å². The molecule has 3 heterocycles. The maximum Gasteiger partial charge on any atom is 0.245 e. The van der Waals surface area contributed by atoms with E-state index in [0.29, 0.717) is 12.8 Å². The minimum absolute atomic E-state index is 0.0227. The van der Waals surface area contributed by atoms with Crippen LogP contribution in [0.3, 0.4) is 0 Å². The summed E-state index contributed by atoms with van der Waals surface area (Å²) in [6.07, 6.45) is 2.38. The van der Waals surface area contributed by atoms with Crippen molar-refractivity contribution < 1.29 is 38.6 Å². The largest absolute Gasteiger partial charge is 0.391 e. The van der Waals surface area contributed by atoms with Gasteiger partial charge in [0.1, 0.15) is 30.2 Å². The molecule has 15 nitrogen and oxygen atoms in total. The molecule has 0 radical (unpaired) electrons. The molecular formula is C35H51N7O8. The fraction of sp³-hybridized carbons (Fsp3) is 0.600. The Kier molecular flexibility index (Phi) is 13.7. The molecule has 0 bridgehead atoms. The summed E-state index contributed by atoms with van der Waals surface area (Å²) in [6, 6.07) is 2.34. The lowest BCUT2D eigenvalue weighted by Crippen LogP contribution is -2.59. The number of benzene rings is 1. The van der Waals surface area contributed by atoms with Crippen LogP contribution < -0.4 is 26.6 Å². The van der Waals surface area contributed by atoms with Gasteiger partial charge >= 0.3 is 0 Å². The molecule has 0 saturated carbocycles. The number of hydrogen-bond acceptors (Lipinski definition) is 8. The van der Waals surface area contributed by atoms with E-state index in [-0.39, 0.29) is 57.7 Å². The molecule has 15 heteroatoms. The van der Waals surface area contributed by atoms with Crippen molar-refractivity contribution in [3.8, 4) is 0 Å². The van der Waals surface area contributed by atoms with Crippen molar-refractivity contribution >= 4 is 46.3 Å². The molecule has 274 valence electrons. The highest BCUT2D eigenvalue weighted by atomic mass is 16.5. The number of rotatable bonds is 8. The number of aliphatic hydroxyl groups is 1. The third-order valence-electron chi connectivity index (χ3n) is 9.07. The molecule has 2 fully saturated rings. The Morgan fingerprint density at radius 2 is 1.74 bits per heavy atom. The average Bonchev–Trinajstić information content (AvgIpc) is 3.68. The lowest BCUT2D eigenvalue weighted by atomic mass is 10.00. The zero-order valence-electron chi connectivity index (χ0n) is 29.3. The smallest absolute Gasteiger partial charge is 0.245 e. The van der Waals surface area contributed by atoms with Gasteiger partial charge in [-0.15, -0.1) is 0 Å². The molecule has 0 unspecified atom stereocenters. The van der Waals surface area contributed by atoms with Crippen molar-refractivity contribution in [2.75, 3.05) is 26.8 Å². The monoisotopic (exact) mass is 697 g/mol. The standard InChI is InChI=1S/C35H51N7O8/c1-20(2)15-28-35(49)42-19-23(43)17-29(42)34(48)36-13-8-7-11-26(39-30(44)12-14-50-4)32(46)38-21(3)31(45)40-27(33(47)41-28)16-22-18-37-25-10-6-5-9-24(22)25/h5-6,9-10,18,20-21,23,26-29,37,43H,7-8,11-17,19H2,1-4H3,(H,36,48)(H,38,46)(H,39,44)(H,40,45)(H,41,47)/t21-,23-,26+,27+,28-,29+/m1/s1. The van der Waals surface area contributed by atoms with Crippen LogP contribution in [0.1, 0.15) is 64.9 Å². The first-order chi connectivity index (χ1) is 23.9. The quantitative estimate of drug-likeness (QED) is 0.199. The van der Waals surface area contributed by atoms with Gasteiger partial charge in [-0.3, -0.25) is 28.8 Å². The van der Waals surface area contributed by atoms with Crippen molar-refractivity contribution in [3.63, 3.8) is 0 Å². The molecule has 6 amide bonds. The molecule has 2 aliphatic rings. The Morgan fingerprint density at radius 3 is 2.48 bits per heavy atom. The SMILES string of the molecule is COCCC(=O)N[C@H]1CCCCNC(=O)[C@@H]2C[C@@H](O)CN2C(=O)[C@@H](CC(C)C)NC(=O)[C@H](Cc2c[nH]c3ccccc23)NC(=O)[C@@H](C)NC1=O. The molecular weight excluding hydrogens is 646 g/mol. The Balaban J connectivity index is 1.66. The second-order valence-corrected chi connectivity index (χ2v) is 13.6. The number of nitrogens with one attached hydrogen (secondary N) is 6. The van der Waals surface area contributed by atoms with E-state index in [4.69, 9.17) is 4.74 Å². The van der Waals surface area contributed by atoms with E-state index < -0.39 is 71.8 Å². The number of ether oxygens (including phenoxy) is 1. The van der Waals surface area contributed by atoms with Gasteiger partial charge < -0.3 is 46.3 Å². The predicted molar refractivity (Wildman–Crippen MR) is 184 cm³/mol. The number of fused-ring (bicyclic) bond motifs is 2. The summed E-state index contributed by atoms with van der Waals surface area (Å²) < 4.78 is 4.98. The maximum atomic E-state index is 14.1. The summed E-state index contributed by atoms with van der Waals surface area (Å²) in [5.41, 5.74) is 1.59. The van der Waals surface area contributed by atoms with E-state index >= 15 is 0 Å². The van der Waals surface area contributed by atoms with Gasteiger partial charge in [0.25, 0.3) is 0 Å². The first-order valence-corrected chi connectivity index (χ1v) is 17.4. The van der Waals surface area contributed by atoms with Crippen LogP contribution in [-0.2, 0) is 39.9 Å². The summed E-state index contributed by atoms with van der Waals surface area (Å²) in [5, 5.41) is 25.2. The minimum atomic E-state index is -1.15. The molecule has 6 atom stereocenters. The van der Waals surface area contributed by atoms with Crippen LogP contribution in [-0.4, -0.2) is 114 Å². The van der Waals surface area contributed by atoms with E-state index in [1.807, 2.05) is 38.1 Å². The second kappa shape index (κ2) is 17.9. The van der Waals surface area contributed by atoms with Crippen LogP contribution in [0.4, 0.5) is 0 Å². The molecule has 2 saturated heterocycles. The number of aliphatic hydroxyl groups excluding tert-OH is 1. The van der Waals surface area contributed by atoms with Crippen LogP contribution in [0.15, 0.2) is 30.5 Å². The van der Waals surface area contributed by atoms with Gasteiger partial charge in [0.2, 0.25) is 35.4 Å². The number of nitrogens with zero attached hydrogens (tertiary/aromatic N) is 1. The number of amides is 6. The molecule has 1 aromatic heterocycles. The van der Waals surface area contributed by atoms with Crippen LogP contribution in [0.5, 0.6) is 0 Å². The van der Waals surface area contributed by atoms with Gasteiger partial charge in [0.05, 0.1) is 12.7 Å². The van der Waals surface area contributed by atoms with E-state index in [1.165, 1.54) is 18.9 Å². The Labute approximate surface area is 292 Å². The predicted octanol–water partition coefficient (Wildman–Crippen LogP) is 0.0140. The molecule has 7 N–H and O–H groups in total. The highest BCUT2D eigenvalue weighted by Gasteiger charge is 2.42. The summed E-state index contributed by atoms with van der Waals surface area (Å²) in [5.74, 6) is -3.17. The fourth-order valence-corrected chi connectivity index (χ4v) is 6.41. The highest BCUT2D eigenvalue weighted by Crippen LogP contribution is 2.23. The van der Waals surface area contributed by atoms with Gasteiger partial charge in [-0.25, -0.2) is 0 Å². The van der Waals surface area contributed by atoms with E-state index in [1.54, 1.807) is 6.20 Å². The minimum Gasteiger partial charge on any atom is -0.391 e. The van der Waals surface area contributed by atoms with Crippen molar-refractivity contribution in [3.05, 3.63) is 36.0 Å². The third-order valence-corrected chi connectivity index (χ3v) is 9.07. The molecule has 0 aliphatic carbocycles. The van der Waals surface area contributed by atoms with Crippen LogP contribution in [0.2, 0.25) is 0 Å². The second-order valence-electron chi connectivity index (χ2n) is 13.6.